The van der Waals surface area contributed by atoms with Crippen LogP contribution in [-0.2, 0) is 16.6 Å². The number of ether oxygens (including phenoxy) is 2. The molecule has 63 heavy (non-hydrogen) atoms. The minimum absolute atomic E-state index is 0.0608. The summed E-state index contributed by atoms with van der Waals surface area (Å²) in [5.41, 5.74) is 6.75. The van der Waals surface area contributed by atoms with Crippen molar-refractivity contribution < 1.29 is 43.3 Å². The Labute approximate surface area is 363 Å². The summed E-state index contributed by atoms with van der Waals surface area (Å²) in [5, 5.41) is 25.0. The second-order valence-corrected chi connectivity index (χ2v) is 14.7. The number of aromatic nitrogens is 3. The number of nitrogens with one attached hydrogen (secondary N) is 2. The number of carbonyl (C=O) groups is 4. The molecule has 0 saturated heterocycles. The third-order valence-electron chi connectivity index (χ3n) is 10.3. The molecule has 0 aliphatic heterocycles. The largest absolute Gasteiger partial charge is 0.494 e. The summed E-state index contributed by atoms with van der Waals surface area (Å²) < 4.78 is 27.1. The second kappa shape index (κ2) is 20.1. The van der Waals surface area contributed by atoms with Gasteiger partial charge in [-0.1, -0.05) is 72.3 Å². The fourth-order valence-electron chi connectivity index (χ4n) is 7.14. The topological polar surface area (TPSA) is 182 Å². The van der Waals surface area contributed by atoms with Gasteiger partial charge in [-0.2, -0.15) is 0 Å². The lowest BCUT2D eigenvalue weighted by Crippen LogP contribution is -2.31. The number of amides is 2. The van der Waals surface area contributed by atoms with E-state index in [9.17, 15) is 33.8 Å². The Morgan fingerprint density at radius 2 is 1.19 bits per heavy atom. The predicted molar refractivity (Wildman–Crippen MR) is 236 cm³/mol. The molecule has 13 nitrogen and oxygen atoms in total. The molecule has 4 N–H and O–H groups in total. The monoisotopic (exact) mass is 851 g/mol. The summed E-state index contributed by atoms with van der Waals surface area (Å²) in [6.45, 7) is 3.86. The number of fused-ring (bicyclic) bond motifs is 1. The molecule has 7 aromatic rings. The normalized spacial score (nSPS) is 11.7. The van der Waals surface area contributed by atoms with Crippen LogP contribution in [0.15, 0.2) is 128 Å². The second-order valence-electron chi connectivity index (χ2n) is 14.7. The van der Waals surface area contributed by atoms with Gasteiger partial charge >= 0.3 is 11.9 Å². The van der Waals surface area contributed by atoms with Crippen molar-refractivity contribution in [3.63, 3.8) is 0 Å². The lowest BCUT2D eigenvalue weighted by Gasteiger charge is -2.19. The lowest BCUT2D eigenvalue weighted by atomic mass is 9.98. The highest BCUT2D eigenvalue weighted by atomic mass is 19.1. The SMILES string of the molecule is COc1ccc(C(=O)N[C@@H](CC(=O)O)c2ccccc2C)nc1-c1cccc(C)c1.COc1ccc(C(=O)N[C@@H](CC(=O)O)c2ccccc2F)nc1-c1ccc2c(ccn2C)c1. The van der Waals surface area contributed by atoms with Crippen LogP contribution in [0.25, 0.3) is 33.4 Å². The number of rotatable bonds is 14. The molecule has 0 spiro atoms. The van der Waals surface area contributed by atoms with Gasteiger partial charge in [-0.25, -0.2) is 14.4 Å². The third-order valence-corrected chi connectivity index (χ3v) is 10.3. The molecule has 3 heterocycles. The molecular formula is C49H46FN5O8. The highest BCUT2D eigenvalue weighted by Crippen LogP contribution is 2.32. The van der Waals surface area contributed by atoms with E-state index in [0.717, 1.165) is 38.7 Å². The Hall–Kier alpha value is -7.87. The number of hydrogen-bond acceptors (Lipinski definition) is 8. The van der Waals surface area contributed by atoms with Gasteiger partial charge in [-0.15, -0.1) is 0 Å². The molecule has 0 radical (unpaired) electrons. The van der Waals surface area contributed by atoms with Gasteiger partial charge in [0.05, 0.1) is 39.1 Å². The molecule has 2 amide bonds. The quantitative estimate of drug-likeness (QED) is 0.0827. The third kappa shape index (κ3) is 10.9. The molecule has 0 aliphatic carbocycles. The molecule has 0 bridgehead atoms. The summed E-state index contributed by atoms with van der Waals surface area (Å²) in [6.07, 6.45) is 1.26. The van der Waals surface area contributed by atoms with Gasteiger partial charge in [-0.05, 0) is 79.6 Å². The Bertz CT molecular complexity index is 2810. The van der Waals surface area contributed by atoms with Gasteiger partial charge in [0.1, 0.15) is 40.1 Å². The van der Waals surface area contributed by atoms with E-state index in [1.807, 2.05) is 104 Å². The number of halogens is 1. The van der Waals surface area contributed by atoms with Gasteiger partial charge in [0, 0.05) is 40.8 Å². The number of benzene rings is 4. The molecule has 14 heteroatoms. The zero-order valence-corrected chi connectivity index (χ0v) is 35.3. The summed E-state index contributed by atoms with van der Waals surface area (Å²) in [6, 6.07) is 33.4. The Morgan fingerprint density at radius 3 is 1.73 bits per heavy atom. The van der Waals surface area contributed by atoms with Crippen molar-refractivity contribution in [1.29, 1.82) is 0 Å². The van der Waals surface area contributed by atoms with Gasteiger partial charge in [0.2, 0.25) is 0 Å². The van der Waals surface area contributed by atoms with Crippen LogP contribution in [-0.4, -0.2) is 62.7 Å². The van der Waals surface area contributed by atoms with Crippen LogP contribution >= 0.6 is 0 Å². The first-order chi connectivity index (χ1) is 30.3. The van der Waals surface area contributed by atoms with Crippen molar-refractivity contribution in [3.8, 4) is 34.0 Å². The summed E-state index contributed by atoms with van der Waals surface area (Å²) in [4.78, 5) is 57.7. The predicted octanol–water partition coefficient (Wildman–Crippen LogP) is 8.65. The van der Waals surface area contributed by atoms with Crippen molar-refractivity contribution in [2.24, 2.45) is 7.05 Å². The zero-order valence-electron chi connectivity index (χ0n) is 35.3. The van der Waals surface area contributed by atoms with Crippen LogP contribution in [0.4, 0.5) is 4.39 Å². The number of pyridine rings is 2. The van der Waals surface area contributed by atoms with Gasteiger partial charge in [0.25, 0.3) is 11.8 Å². The first-order valence-corrected chi connectivity index (χ1v) is 19.8. The molecule has 0 fully saturated rings. The first kappa shape index (κ1) is 44.7. The molecule has 0 saturated carbocycles. The maximum absolute atomic E-state index is 14.3. The molecule has 7 rings (SSSR count). The van der Waals surface area contributed by atoms with Crippen molar-refractivity contribution in [3.05, 3.63) is 167 Å². The summed E-state index contributed by atoms with van der Waals surface area (Å²) in [5.74, 6) is -2.77. The van der Waals surface area contributed by atoms with Gasteiger partial charge in [0.15, 0.2) is 0 Å². The van der Waals surface area contributed by atoms with E-state index in [2.05, 4.69) is 20.6 Å². The minimum atomic E-state index is -1.16. The lowest BCUT2D eigenvalue weighted by molar-refractivity contribution is -0.138. The Balaban J connectivity index is 0.000000211. The van der Waals surface area contributed by atoms with E-state index in [1.165, 1.54) is 31.4 Å². The van der Waals surface area contributed by atoms with Crippen molar-refractivity contribution in [1.82, 2.24) is 25.2 Å². The summed E-state index contributed by atoms with van der Waals surface area (Å²) >= 11 is 0. The number of hydrogen-bond donors (Lipinski definition) is 4. The molecule has 4 aromatic carbocycles. The smallest absolute Gasteiger partial charge is 0.305 e. The maximum Gasteiger partial charge on any atom is 0.305 e. The number of methoxy groups -OCH3 is 2. The van der Waals surface area contributed by atoms with E-state index in [4.69, 9.17) is 9.47 Å². The van der Waals surface area contributed by atoms with Crippen LogP contribution in [0.2, 0.25) is 0 Å². The molecule has 2 atom stereocenters. The average molecular weight is 852 g/mol. The number of aliphatic carboxylic acids is 2. The molecular weight excluding hydrogens is 806 g/mol. The van der Waals surface area contributed by atoms with E-state index in [1.54, 1.807) is 31.4 Å². The minimum Gasteiger partial charge on any atom is -0.494 e. The standard InChI is InChI=1S/C25H22FN3O4.C24H24N2O4/c1-29-12-11-15-13-16(7-9-21(15)29)24-22(33-2)10-8-19(27-24)25(32)28-20(14-23(30)31)17-5-3-4-6-18(17)26;1-15-7-6-9-17(13-15)23-21(30-3)12-11-19(25-23)24(29)26-20(14-22(27)28)18-10-5-4-8-16(18)2/h3-13,20H,14H2,1-2H3,(H,28,32)(H,30,31);4-13,20H,14H2,1-3H3,(H,26,29)(H,27,28)/t2*20-/m00/s1. The highest BCUT2D eigenvalue weighted by Gasteiger charge is 2.24. The molecule has 0 aliphatic rings. The van der Waals surface area contributed by atoms with Crippen LogP contribution in [0.1, 0.15) is 68.2 Å². The maximum atomic E-state index is 14.3. The summed E-state index contributed by atoms with van der Waals surface area (Å²) in [7, 11) is 5.02. The Kier molecular flexibility index (Phi) is 14.3. The van der Waals surface area contributed by atoms with E-state index in [0.29, 0.717) is 22.9 Å². The Morgan fingerprint density at radius 1 is 0.651 bits per heavy atom. The van der Waals surface area contributed by atoms with Crippen molar-refractivity contribution in [2.45, 2.75) is 38.8 Å². The molecule has 3 aromatic heterocycles. The average Bonchev–Trinajstić information content (AvgIpc) is 3.65. The highest BCUT2D eigenvalue weighted by molar-refractivity contribution is 5.95. The fraction of sp³-hybridized carbons (Fsp3) is 0.184. The van der Waals surface area contributed by atoms with E-state index >= 15 is 0 Å². The van der Waals surface area contributed by atoms with Crippen LogP contribution < -0.4 is 20.1 Å². The number of aryl methyl sites for hydroxylation is 3. The number of nitrogens with zero attached hydrogens (tertiary/aromatic N) is 3. The molecule has 0 unspecified atom stereocenters. The first-order valence-electron chi connectivity index (χ1n) is 19.8. The van der Waals surface area contributed by atoms with E-state index in [-0.39, 0.29) is 23.4 Å². The number of carboxylic acids is 2. The van der Waals surface area contributed by atoms with Crippen LogP contribution in [0.3, 0.4) is 0 Å². The fourth-order valence-corrected chi connectivity index (χ4v) is 7.14. The van der Waals surface area contributed by atoms with Crippen molar-refractivity contribution in [2.75, 3.05) is 14.2 Å². The number of carbonyl (C=O) groups excluding carboxylic acids is 2. The molecule has 322 valence electrons. The van der Waals surface area contributed by atoms with Gasteiger partial charge in [-0.3, -0.25) is 19.2 Å². The van der Waals surface area contributed by atoms with Crippen LogP contribution in [0, 0.1) is 19.7 Å². The van der Waals surface area contributed by atoms with Gasteiger partial charge < -0.3 is 34.9 Å². The van der Waals surface area contributed by atoms with Crippen molar-refractivity contribution >= 4 is 34.7 Å². The number of carboxylic acid groups (broad SMARTS) is 2. The van der Waals surface area contributed by atoms with E-state index < -0.39 is 48.1 Å². The zero-order chi connectivity index (χ0) is 45.2. The van der Waals surface area contributed by atoms with Crippen LogP contribution in [0.5, 0.6) is 11.5 Å².